The van der Waals surface area contributed by atoms with Gasteiger partial charge in [-0.1, -0.05) is 6.07 Å². The summed E-state index contributed by atoms with van der Waals surface area (Å²) in [6, 6.07) is 10.7. The van der Waals surface area contributed by atoms with Crippen LogP contribution in [0.5, 0.6) is 0 Å². The second kappa shape index (κ2) is 6.17. The van der Waals surface area contributed by atoms with Crippen molar-refractivity contribution in [3.05, 3.63) is 47.4 Å². The van der Waals surface area contributed by atoms with Gasteiger partial charge in [0.1, 0.15) is 11.8 Å². The molecular weight excluding hydrogens is 276 g/mol. The van der Waals surface area contributed by atoms with E-state index in [1.165, 1.54) is 17.8 Å². The molecule has 0 amide bonds. The van der Waals surface area contributed by atoms with Crippen LogP contribution < -0.4 is 5.32 Å². The average Bonchev–Trinajstić information content (AvgIpc) is 2.93. The predicted octanol–water partition coefficient (Wildman–Crippen LogP) is 3.18. The zero-order chi connectivity index (χ0) is 14.5. The molecule has 0 bridgehead atoms. The van der Waals surface area contributed by atoms with Crippen LogP contribution in [0.4, 0.5) is 5.69 Å². The molecule has 0 saturated carbocycles. The standard InChI is InChI=1S/C14H12N2O3S/c1-20-13-4-2-3-11(10(13)7-15)16-8-9-5-6-12(19-9)14(17)18/h2-6,16H,8H2,1H3,(H,17,18). The number of hydrogen-bond donors (Lipinski definition) is 2. The number of hydrogen-bond acceptors (Lipinski definition) is 5. The minimum absolute atomic E-state index is 0.0971. The van der Waals surface area contributed by atoms with Gasteiger partial charge < -0.3 is 14.8 Å². The van der Waals surface area contributed by atoms with Gasteiger partial charge in [0.15, 0.2) is 0 Å². The molecule has 1 heterocycles. The number of anilines is 1. The first-order valence-corrected chi connectivity index (χ1v) is 7.01. The zero-order valence-electron chi connectivity index (χ0n) is 10.7. The fourth-order valence-corrected chi connectivity index (χ4v) is 2.31. The number of nitrogens with one attached hydrogen (secondary N) is 1. The Bertz CT molecular complexity index is 673. The van der Waals surface area contributed by atoms with Gasteiger partial charge in [0.2, 0.25) is 5.76 Å². The van der Waals surface area contributed by atoms with Crippen molar-refractivity contribution >= 4 is 23.4 Å². The Morgan fingerprint density at radius 1 is 1.45 bits per heavy atom. The molecule has 6 heteroatoms. The number of carbonyl (C=O) groups is 1. The van der Waals surface area contributed by atoms with Crippen LogP contribution in [0.3, 0.4) is 0 Å². The van der Waals surface area contributed by atoms with E-state index >= 15 is 0 Å². The van der Waals surface area contributed by atoms with E-state index in [1.807, 2.05) is 18.4 Å². The van der Waals surface area contributed by atoms with Gasteiger partial charge in [-0.25, -0.2) is 4.79 Å². The van der Waals surface area contributed by atoms with E-state index in [2.05, 4.69) is 11.4 Å². The second-order valence-electron chi connectivity index (χ2n) is 3.92. The van der Waals surface area contributed by atoms with Gasteiger partial charge in [-0.3, -0.25) is 0 Å². The summed E-state index contributed by atoms with van der Waals surface area (Å²) >= 11 is 1.50. The molecule has 1 aromatic heterocycles. The summed E-state index contributed by atoms with van der Waals surface area (Å²) in [5.74, 6) is -0.695. The van der Waals surface area contributed by atoms with Crippen LogP contribution in [0.15, 0.2) is 39.6 Å². The van der Waals surface area contributed by atoms with Gasteiger partial charge in [0, 0.05) is 4.90 Å². The van der Waals surface area contributed by atoms with E-state index in [-0.39, 0.29) is 5.76 Å². The molecule has 2 rings (SSSR count). The van der Waals surface area contributed by atoms with Gasteiger partial charge in [-0.05, 0) is 30.5 Å². The van der Waals surface area contributed by atoms with Crippen molar-refractivity contribution in [3.8, 4) is 6.07 Å². The molecule has 1 aromatic carbocycles. The molecule has 0 aliphatic rings. The molecule has 20 heavy (non-hydrogen) atoms. The number of aromatic carboxylic acids is 1. The summed E-state index contributed by atoms with van der Waals surface area (Å²) in [6.07, 6.45) is 1.91. The molecule has 2 N–H and O–H groups in total. The summed E-state index contributed by atoms with van der Waals surface area (Å²) in [5, 5.41) is 21.1. The number of benzene rings is 1. The van der Waals surface area contributed by atoms with E-state index < -0.39 is 5.97 Å². The number of nitriles is 1. The molecule has 0 unspecified atom stereocenters. The highest BCUT2D eigenvalue weighted by Gasteiger charge is 2.10. The second-order valence-corrected chi connectivity index (χ2v) is 4.77. The summed E-state index contributed by atoms with van der Waals surface area (Å²) in [4.78, 5) is 11.6. The maximum Gasteiger partial charge on any atom is 0.371 e. The number of furan rings is 1. The Balaban J connectivity index is 2.14. The molecule has 0 aliphatic carbocycles. The van der Waals surface area contributed by atoms with Crippen LogP contribution in [0.1, 0.15) is 21.9 Å². The van der Waals surface area contributed by atoms with Crippen LogP contribution in [0.2, 0.25) is 0 Å². The van der Waals surface area contributed by atoms with Gasteiger partial charge in [-0.2, -0.15) is 5.26 Å². The van der Waals surface area contributed by atoms with Crippen molar-refractivity contribution < 1.29 is 14.3 Å². The first-order chi connectivity index (χ1) is 9.65. The highest BCUT2D eigenvalue weighted by Crippen LogP contribution is 2.26. The van der Waals surface area contributed by atoms with Gasteiger partial charge >= 0.3 is 5.97 Å². The smallest absolute Gasteiger partial charge is 0.371 e. The van der Waals surface area contributed by atoms with Gasteiger partial charge in [0.05, 0.1) is 17.8 Å². The van der Waals surface area contributed by atoms with Gasteiger partial charge in [0.25, 0.3) is 0 Å². The van der Waals surface area contributed by atoms with Crippen molar-refractivity contribution in [1.82, 2.24) is 0 Å². The average molecular weight is 288 g/mol. The van der Waals surface area contributed by atoms with Crippen LogP contribution in [0, 0.1) is 11.3 Å². The maximum absolute atomic E-state index is 10.7. The quantitative estimate of drug-likeness (QED) is 0.822. The van der Waals surface area contributed by atoms with Crippen LogP contribution in [-0.4, -0.2) is 17.3 Å². The summed E-state index contributed by atoms with van der Waals surface area (Å²) in [5.41, 5.74) is 1.28. The Labute approximate surface area is 120 Å². The van der Waals surface area contributed by atoms with Crippen LogP contribution in [-0.2, 0) is 6.54 Å². The summed E-state index contributed by atoms with van der Waals surface area (Å²) in [6.45, 7) is 0.319. The fourth-order valence-electron chi connectivity index (χ4n) is 1.73. The Hall–Kier alpha value is -2.39. The fraction of sp³-hybridized carbons (Fsp3) is 0.143. The number of nitrogens with zero attached hydrogens (tertiary/aromatic N) is 1. The highest BCUT2D eigenvalue weighted by molar-refractivity contribution is 7.98. The first-order valence-electron chi connectivity index (χ1n) is 5.78. The Morgan fingerprint density at radius 2 is 2.25 bits per heavy atom. The number of rotatable bonds is 5. The first kappa shape index (κ1) is 14.0. The lowest BCUT2D eigenvalue weighted by Gasteiger charge is -2.09. The minimum Gasteiger partial charge on any atom is -0.475 e. The topological polar surface area (TPSA) is 86.3 Å². The van der Waals surface area contributed by atoms with Crippen molar-refractivity contribution in [2.75, 3.05) is 11.6 Å². The molecule has 102 valence electrons. The normalized spacial score (nSPS) is 10.0. The van der Waals surface area contributed by atoms with Crippen molar-refractivity contribution in [3.63, 3.8) is 0 Å². The lowest BCUT2D eigenvalue weighted by molar-refractivity contribution is 0.0660. The number of thioether (sulfide) groups is 1. The largest absolute Gasteiger partial charge is 0.475 e. The lowest BCUT2D eigenvalue weighted by Crippen LogP contribution is -2.01. The molecule has 0 atom stereocenters. The molecule has 0 aliphatic heterocycles. The van der Waals surface area contributed by atoms with Crippen LogP contribution >= 0.6 is 11.8 Å². The molecule has 0 saturated heterocycles. The SMILES string of the molecule is CSc1cccc(NCc2ccc(C(=O)O)o2)c1C#N. The van der Waals surface area contributed by atoms with E-state index in [0.29, 0.717) is 23.6 Å². The monoisotopic (exact) mass is 288 g/mol. The number of carboxylic acid groups (broad SMARTS) is 1. The Morgan fingerprint density at radius 3 is 2.85 bits per heavy atom. The molecule has 2 aromatic rings. The summed E-state index contributed by atoms with van der Waals surface area (Å²) < 4.78 is 5.15. The Kier molecular flexibility index (Phi) is 4.33. The maximum atomic E-state index is 10.7. The van der Waals surface area contributed by atoms with Crippen molar-refractivity contribution in [2.45, 2.75) is 11.4 Å². The molecule has 5 nitrogen and oxygen atoms in total. The third-order valence-corrected chi connectivity index (χ3v) is 3.46. The molecule has 0 spiro atoms. The van der Waals surface area contributed by atoms with Crippen LogP contribution in [0.25, 0.3) is 0 Å². The predicted molar refractivity (Wildman–Crippen MR) is 75.9 cm³/mol. The third kappa shape index (κ3) is 2.95. The van der Waals surface area contributed by atoms with Crippen molar-refractivity contribution in [2.24, 2.45) is 0 Å². The van der Waals surface area contributed by atoms with E-state index in [4.69, 9.17) is 9.52 Å². The summed E-state index contributed by atoms with van der Waals surface area (Å²) in [7, 11) is 0. The van der Waals surface area contributed by atoms with E-state index in [1.54, 1.807) is 12.1 Å². The van der Waals surface area contributed by atoms with E-state index in [0.717, 1.165) is 4.90 Å². The molecular formula is C14H12N2O3S. The molecule has 0 fully saturated rings. The zero-order valence-corrected chi connectivity index (χ0v) is 11.5. The van der Waals surface area contributed by atoms with Gasteiger partial charge in [-0.15, -0.1) is 11.8 Å². The van der Waals surface area contributed by atoms with E-state index in [9.17, 15) is 10.1 Å². The minimum atomic E-state index is -1.10. The third-order valence-electron chi connectivity index (χ3n) is 2.68. The molecule has 0 radical (unpaired) electrons. The number of carboxylic acids is 1. The highest BCUT2D eigenvalue weighted by atomic mass is 32.2. The lowest BCUT2D eigenvalue weighted by atomic mass is 10.2. The van der Waals surface area contributed by atoms with Crippen molar-refractivity contribution in [1.29, 1.82) is 5.26 Å².